The van der Waals surface area contributed by atoms with Gasteiger partial charge in [0.1, 0.15) is 0 Å². The summed E-state index contributed by atoms with van der Waals surface area (Å²) in [5.74, 6) is 2.42. The molecule has 1 aliphatic rings. The van der Waals surface area contributed by atoms with E-state index in [4.69, 9.17) is 14.2 Å². The van der Waals surface area contributed by atoms with E-state index < -0.39 is 0 Å². The molecule has 1 aromatic carbocycles. The molecule has 2 rings (SSSR count). The number of benzene rings is 1. The molecule has 1 fully saturated rings. The van der Waals surface area contributed by atoms with Gasteiger partial charge < -0.3 is 24.8 Å². The number of aliphatic imine (C=N–C) groups is 1. The number of ether oxygens (including phenoxy) is 3. The highest BCUT2D eigenvalue weighted by Gasteiger charge is 2.15. The summed E-state index contributed by atoms with van der Waals surface area (Å²) >= 11 is 0. The fourth-order valence-corrected chi connectivity index (χ4v) is 2.88. The normalized spacial score (nSPS) is 17.4. The monoisotopic (exact) mass is 349 g/mol. The minimum absolute atomic E-state index is 0.315. The topological polar surface area (TPSA) is 64.1 Å². The summed E-state index contributed by atoms with van der Waals surface area (Å²) in [6, 6.07) is 6.12. The van der Waals surface area contributed by atoms with E-state index in [-0.39, 0.29) is 0 Å². The van der Waals surface area contributed by atoms with Crippen molar-refractivity contribution in [3.63, 3.8) is 0 Å². The smallest absolute Gasteiger partial charge is 0.191 e. The lowest BCUT2D eigenvalue weighted by Crippen LogP contribution is -2.41. The quantitative estimate of drug-likeness (QED) is 0.407. The first kappa shape index (κ1) is 19.4. The largest absolute Gasteiger partial charge is 0.493 e. The molecule has 2 N–H and O–H groups in total. The molecule has 1 unspecified atom stereocenters. The standard InChI is InChI=1S/C19H31N3O3/c1-4-24-18-13-15(9-10-17(18)23-3)7-5-11-21-19(20-2)22-14-16-8-6-12-25-16/h9-10,13,16H,4-8,11-12,14H2,1-3H3,(H2,20,21,22). The van der Waals surface area contributed by atoms with E-state index in [1.54, 1.807) is 14.2 Å². The van der Waals surface area contributed by atoms with E-state index in [9.17, 15) is 0 Å². The van der Waals surface area contributed by atoms with Crippen LogP contribution in [0.15, 0.2) is 23.2 Å². The van der Waals surface area contributed by atoms with Gasteiger partial charge in [-0.2, -0.15) is 0 Å². The van der Waals surface area contributed by atoms with Crippen molar-refractivity contribution in [2.75, 3.05) is 40.5 Å². The van der Waals surface area contributed by atoms with E-state index in [1.165, 1.54) is 5.56 Å². The summed E-state index contributed by atoms with van der Waals surface area (Å²) in [5, 5.41) is 6.68. The first-order valence-corrected chi connectivity index (χ1v) is 9.12. The number of nitrogens with zero attached hydrogens (tertiary/aromatic N) is 1. The molecule has 140 valence electrons. The molecule has 25 heavy (non-hydrogen) atoms. The van der Waals surface area contributed by atoms with Crippen LogP contribution < -0.4 is 20.1 Å². The second kappa shape index (κ2) is 10.8. The van der Waals surface area contributed by atoms with E-state index in [0.29, 0.717) is 12.7 Å². The average Bonchev–Trinajstić information content (AvgIpc) is 3.15. The van der Waals surface area contributed by atoms with Crippen LogP contribution in [0, 0.1) is 0 Å². The molecule has 1 saturated heterocycles. The minimum atomic E-state index is 0.315. The van der Waals surface area contributed by atoms with Gasteiger partial charge in [-0.1, -0.05) is 6.07 Å². The number of methoxy groups -OCH3 is 1. The lowest BCUT2D eigenvalue weighted by Gasteiger charge is -2.15. The zero-order valence-electron chi connectivity index (χ0n) is 15.6. The molecule has 1 atom stereocenters. The van der Waals surface area contributed by atoms with Gasteiger partial charge in [0.2, 0.25) is 0 Å². The molecule has 1 heterocycles. The van der Waals surface area contributed by atoms with Gasteiger partial charge in [0, 0.05) is 26.7 Å². The third-order valence-corrected chi connectivity index (χ3v) is 4.21. The van der Waals surface area contributed by atoms with Gasteiger partial charge in [-0.15, -0.1) is 0 Å². The van der Waals surface area contributed by atoms with E-state index in [2.05, 4.69) is 27.8 Å². The Morgan fingerprint density at radius 3 is 2.88 bits per heavy atom. The highest BCUT2D eigenvalue weighted by Crippen LogP contribution is 2.28. The summed E-state index contributed by atoms with van der Waals surface area (Å²) in [5.41, 5.74) is 1.24. The van der Waals surface area contributed by atoms with Gasteiger partial charge in [-0.3, -0.25) is 4.99 Å². The Kier molecular flexibility index (Phi) is 8.39. The Hall–Kier alpha value is -1.95. The van der Waals surface area contributed by atoms with Crippen LogP contribution in [0.25, 0.3) is 0 Å². The predicted octanol–water partition coefficient (Wildman–Crippen LogP) is 2.37. The number of nitrogens with one attached hydrogen (secondary N) is 2. The molecule has 6 heteroatoms. The molecule has 0 aliphatic carbocycles. The highest BCUT2D eigenvalue weighted by molar-refractivity contribution is 5.79. The Morgan fingerprint density at radius 1 is 1.32 bits per heavy atom. The van der Waals surface area contributed by atoms with Crippen molar-refractivity contribution in [2.45, 2.75) is 38.7 Å². The molecule has 0 amide bonds. The van der Waals surface area contributed by atoms with Crippen LogP contribution in [0.2, 0.25) is 0 Å². The third-order valence-electron chi connectivity index (χ3n) is 4.21. The number of hydrogen-bond donors (Lipinski definition) is 2. The van der Waals surface area contributed by atoms with Crippen molar-refractivity contribution < 1.29 is 14.2 Å². The van der Waals surface area contributed by atoms with Crippen LogP contribution in [-0.2, 0) is 11.2 Å². The highest BCUT2D eigenvalue weighted by atomic mass is 16.5. The molecule has 0 bridgehead atoms. The van der Waals surface area contributed by atoms with Crippen LogP contribution in [0.5, 0.6) is 11.5 Å². The lowest BCUT2D eigenvalue weighted by molar-refractivity contribution is 0.114. The zero-order valence-corrected chi connectivity index (χ0v) is 15.6. The maximum Gasteiger partial charge on any atom is 0.191 e. The van der Waals surface area contributed by atoms with Crippen LogP contribution in [0.4, 0.5) is 0 Å². The maximum absolute atomic E-state index is 5.63. The van der Waals surface area contributed by atoms with Crippen LogP contribution in [-0.4, -0.2) is 52.5 Å². The zero-order chi connectivity index (χ0) is 17.9. The summed E-state index contributed by atoms with van der Waals surface area (Å²) in [4.78, 5) is 4.26. The Morgan fingerprint density at radius 2 is 2.20 bits per heavy atom. The predicted molar refractivity (Wildman–Crippen MR) is 101 cm³/mol. The molecule has 0 radical (unpaired) electrons. The van der Waals surface area contributed by atoms with Crippen molar-refractivity contribution in [1.29, 1.82) is 0 Å². The van der Waals surface area contributed by atoms with Gasteiger partial charge >= 0.3 is 0 Å². The van der Waals surface area contributed by atoms with Crippen molar-refractivity contribution in [1.82, 2.24) is 10.6 Å². The summed E-state index contributed by atoms with van der Waals surface area (Å²) in [6.07, 6.45) is 4.58. The molecule has 1 aromatic rings. The van der Waals surface area contributed by atoms with Gasteiger partial charge in [0.15, 0.2) is 17.5 Å². The van der Waals surface area contributed by atoms with Crippen molar-refractivity contribution in [3.05, 3.63) is 23.8 Å². The molecule has 0 spiro atoms. The number of aryl methyl sites for hydroxylation is 1. The fraction of sp³-hybridized carbons (Fsp3) is 0.632. The first-order valence-electron chi connectivity index (χ1n) is 9.12. The molecular weight excluding hydrogens is 318 g/mol. The van der Waals surface area contributed by atoms with Gasteiger partial charge in [-0.25, -0.2) is 0 Å². The maximum atomic E-state index is 5.63. The van der Waals surface area contributed by atoms with Crippen LogP contribution >= 0.6 is 0 Å². The van der Waals surface area contributed by atoms with Crippen molar-refractivity contribution in [2.24, 2.45) is 4.99 Å². The van der Waals surface area contributed by atoms with Crippen molar-refractivity contribution >= 4 is 5.96 Å². The van der Waals surface area contributed by atoms with Crippen LogP contribution in [0.1, 0.15) is 31.7 Å². The fourth-order valence-electron chi connectivity index (χ4n) is 2.88. The molecule has 0 saturated carbocycles. The lowest BCUT2D eigenvalue weighted by atomic mass is 10.1. The molecule has 6 nitrogen and oxygen atoms in total. The number of guanidine groups is 1. The summed E-state index contributed by atoms with van der Waals surface area (Å²) < 4.78 is 16.6. The summed E-state index contributed by atoms with van der Waals surface area (Å²) in [7, 11) is 3.46. The molecule has 0 aromatic heterocycles. The minimum Gasteiger partial charge on any atom is -0.493 e. The summed E-state index contributed by atoms with van der Waals surface area (Å²) in [6.45, 7) is 5.17. The number of rotatable bonds is 9. The molecule has 1 aliphatic heterocycles. The van der Waals surface area contributed by atoms with Crippen molar-refractivity contribution in [3.8, 4) is 11.5 Å². The second-order valence-corrected chi connectivity index (χ2v) is 6.04. The molecular formula is C19H31N3O3. The average molecular weight is 349 g/mol. The Labute approximate surface area is 151 Å². The van der Waals surface area contributed by atoms with Gasteiger partial charge in [0.25, 0.3) is 0 Å². The van der Waals surface area contributed by atoms with E-state index >= 15 is 0 Å². The Balaban J connectivity index is 1.71. The third kappa shape index (κ3) is 6.46. The van der Waals surface area contributed by atoms with E-state index in [1.807, 2.05) is 13.0 Å². The van der Waals surface area contributed by atoms with Gasteiger partial charge in [-0.05, 0) is 50.3 Å². The van der Waals surface area contributed by atoms with Crippen LogP contribution in [0.3, 0.4) is 0 Å². The Bertz CT molecular complexity index is 543. The van der Waals surface area contributed by atoms with Gasteiger partial charge in [0.05, 0.1) is 19.8 Å². The first-order chi connectivity index (χ1) is 12.3. The van der Waals surface area contributed by atoms with E-state index in [0.717, 1.165) is 62.8 Å². The second-order valence-electron chi connectivity index (χ2n) is 6.04. The SMILES string of the molecule is CCOc1cc(CCCNC(=NC)NCC2CCCO2)ccc1OC. The number of hydrogen-bond acceptors (Lipinski definition) is 4.